The van der Waals surface area contributed by atoms with Crippen LogP contribution in [0.15, 0.2) is 89.5 Å². The van der Waals surface area contributed by atoms with Gasteiger partial charge in [-0.2, -0.15) is 0 Å². The van der Waals surface area contributed by atoms with E-state index in [2.05, 4.69) is 116 Å². The normalized spacial score (nSPS) is 17.9. The van der Waals surface area contributed by atoms with Crippen molar-refractivity contribution >= 4 is 38.9 Å². The number of aryl methyl sites for hydroxylation is 1. The van der Waals surface area contributed by atoms with E-state index >= 15 is 0 Å². The van der Waals surface area contributed by atoms with Crippen LogP contribution >= 0.6 is 28.1 Å². The average molecular weight is 517 g/mol. The van der Waals surface area contributed by atoms with Crippen molar-refractivity contribution in [2.24, 2.45) is 0 Å². The van der Waals surface area contributed by atoms with Crippen molar-refractivity contribution in [1.29, 1.82) is 0 Å². The monoisotopic (exact) mass is 516 g/mol. The van der Waals surface area contributed by atoms with Gasteiger partial charge in [0.1, 0.15) is 0 Å². The summed E-state index contributed by atoms with van der Waals surface area (Å²) in [6, 6.07) is 27.2. The molecule has 2 aromatic heterocycles. The van der Waals surface area contributed by atoms with Gasteiger partial charge in [-0.25, -0.2) is 0 Å². The van der Waals surface area contributed by atoms with Crippen LogP contribution in [0.3, 0.4) is 0 Å². The Balaban J connectivity index is 1.62. The topological polar surface area (TPSA) is 33.1 Å². The standard InChI is InChI=1S/C27H25BrN4S/c1-18-16-23(19(2)31(18)17-20-8-4-3-5-9-20)26-25(24-10-6-7-15-29-24)30-27(33)32(26)22-13-11-21(28)12-14-22/h3-16,25-26H,17H2,1-2H3,(H,30,33)/t25-,26-/m0/s1. The number of halogens is 1. The molecular formula is C27H25BrN4S. The van der Waals surface area contributed by atoms with Crippen LogP contribution in [0.4, 0.5) is 5.69 Å². The highest BCUT2D eigenvalue weighted by molar-refractivity contribution is 9.10. The quantitative estimate of drug-likeness (QED) is 0.307. The summed E-state index contributed by atoms with van der Waals surface area (Å²) in [6.45, 7) is 5.23. The van der Waals surface area contributed by atoms with Crippen molar-refractivity contribution in [1.82, 2.24) is 14.9 Å². The minimum Gasteiger partial charge on any atom is -0.351 e. The number of nitrogens with one attached hydrogen (secondary N) is 1. The predicted molar refractivity (Wildman–Crippen MR) is 142 cm³/mol. The third kappa shape index (κ3) is 4.21. The maximum Gasteiger partial charge on any atom is 0.174 e. The van der Waals surface area contributed by atoms with Gasteiger partial charge in [0, 0.05) is 34.3 Å². The minimum absolute atomic E-state index is 0.00991. The lowest BCUT2D eigenvalue weighted by Crippen LogP contribution is -2.29. The molecular weight excluding hydrogens is 492 g/mol. The molecule has 0 saturated carbocycles. The first kappa shape index (κ1) is 21.9. The van der Waals surface area contributed by atoms with E-state index in [1.54, 1.807) is 0 Å². The summed E-state index contributed by atoms with van der Waals surface area (Å²) in [5.41, 5.74) is 7.08. The van der Waals surface area contributed by atoms with Crippen molar-refractivity contribution in [3.8, 4) is 0 Å². The van der Waals surface area contributed by atoms with Crippen molar-refractivity contribution in [2.45, 2.75) is 32.5 Å². The number of benzene rings is 2. The second-order valence-corrected chi connectivity index (χ2v) is 9.67. The number of hydrogen-bond donors (Lipinski definition) is 1. The molecule has 0 spiro atoms. The Bertz CT molecular complexity index is 1270. The van der Waals surface area contributed by atoms with E-state index in [4.69, 9.17) is 12.2 Å². The molecule has 4 nitrogen and oxygen atoms in total. The van der Waals surface area contributed by atoms with Gasteiger partial charge in [0.05, 0.1) is 17.8 Å². The molecule has 33 heavy (non-hydrogen) atoms. The number of anilines is 1. The third-order valence-corrected chi connectivity index (χ3v) is 7.16. The highest BCUT2D eigenvalue weighted by Gasteiger charge is 2.42. The smallest absolute Gasteiger partial charge is 0.174 e. The molecule has 1 aliphatic heterocycles. The summed E-state index contributed by atoms with van der Waals surface area (Å²) in [7, 11) is 0. The van der Waals surface area contributed by atoms with Gasteiger partial charge in [0.2, 0.25) is 0 Å². The fraction of sp³-hybridized carbons (Fsp3) is 0.185. The lowest BCUT2D eigenvalue weighted by atomic mass is 9.96. The van der Waals surface area contributed by atoms with E-state index in [-0.39, 0.29) is 12.1 Å². The second kappa shape index (κ2) is 9.12. The number of aromatic nitrogens is 2. The molecule has 2 aromatic carbocycles. The van der Waals surface area contributed by atoms with E-state index < -0.39 is 0 Å². The predicted octanol–water partition coefficient (Wildman–Crippen LogP) is 6.49. The molecule has 166 valence electrons. The number of nitrogens with zero attached hydrogens (tertiary/aromatic N) is 3. The molecule has 0 unspecified atom stereocenters. The summed E-state index contributed by atoms with van der Waals surface area (Å²) in [4.78, 5) is 6.91. The summed E-state index contributed by atoms with van der Waals surface area (Å²) < 4.78 is 3.43. The van der Waals surface area contributed by atoms with Crippen molar-refractivity contribution in [3.05, 3.63) is 118 Å². The Labute approximate surface area is 208 Å². The highest BCUT2D eigenvalue weighted by atomic mass is 79.9. The molecule has 4 aromatic rings. The van der Waals surface area contributed by atoms with Crippen LogP contribution in [0.5, 0.6) is 0 Å². The van der Waals surface area contributed by atoms with E-state index in [0.717, 1.165) is 22.4 Å². The maximum atomic E-state index is 5.87. The van der Waals surface area contributed by atoms with Gasteiger partial charge >= 0.3 is 0 Å². The van der Waals surface area contributed by atoms with Crippen molar-refractivity contribution in [2.75, 3.05) is 4.90 Å². The van der Waals surface area contributed by atoms with E-state index in [1.807, 2.05) is 18.3 Å². The van der Waals surface area contributed by atoms with E-state index in [1.165, 1.54) is 22.5 Å². The fourth-order valence-corrected chi connectivity index (χ4v) is 5.30. The average Bonchev–Trinajstić information content (AvgIpc) is 3.32. The number of hydrogen-bond acceptors (Lipinski definition) is 2. The lowest BCUT2D eigenvalue weighted by Gasteiger charge is -2.28. The van der Waals surface area contributed by atoms with Crippen molar-refractivity contribution in [3.63, 3.8) is 0 Å². The molecule has 1 N–H and O–H groups in total. The van der Waals surface area contributed by atoms with Gasteiger partial charge < -0.3 is 14.8 Å². The molecule has 1 saturated heterocycles. The zero-order valence-corrected chi connectivity index (χ0v) is 21.0. The summed E-state index contributed by atoms with van der Waals surface area (Å²) in [5, 5.41) is 4.28. The largest absolute Gasteiger partial charge is 0.351 e. The van der Waals surface area contributed by atoms with Crippen LogP contribution in [-0.4, -0.2) is 14.7 Å². The molecule has 0 amide bonds. The van der Waals surface area contributed by atoms with Gasteiger partial charge in [-0.05, 0) is 79.7 Å². The molecule has 1 fully saturated rings. The van der Waals surface area contributed by atoms with Gasteiger partial charge in [-0.1, -0.05) is 52.3 Å². The summed E-state index contributed by atoms with van der Waals surface area (Å²) >= 11 is 9.42. The summed E-state index contributed by atoms with van der Waals surface area (Å²) in [5.74, 6) is 0. The van der Waals surface area contributed by atoms with Crippen LogP contribution in [0.1, 0.15) is 40.3 Å². The van der Waals surface area contributed by atoms with Crippen LogP contribution in [0.2, 0.25) is 0 Å². The molecule has 6 heteroatoms. The minimum atomic E-state index is -0.0481. The van der Waals surface area contributed by atoms with Gasteiger partial charge in [-0.15, -0.1) is 0 Å². The third-order valence-electron chi connectivity index (χ3n) is 6.32. The Hall–Kier alpha value is -2.96. The molecule has 3 heterocycles. The Kier molecular flexibility index (Phi) is 6.04. The second-order valence-electron chi connectivity index (χ2n) is 8.37. The molecule has 1 aliphatic rings. The number of thiocarbonyl (C=S) groups is 1. The molecule has 5 rings (SSSR count). The first-order chi connectivity index (χ1) is 16.0. The lowest BCUT2D eigenvalue weighted by molar-refractivity contribution is 0.563. The fourth-order valence-electron chi connectivity index (χ4n) is 4.69. The molecule has 0 bridgehead atoms. The first-order valence-electron chi connectivity index (χ1n) is 11.0. The molecule has 2 atom stereocenters. The van der Waals surface area contributed by atoms with Gasteiger partial charge in [0.15, 0.2) is 5.11 Å². The highest BCUT2D eigenvalue weighted by Crippen LogP contribution is 2.43. The Morgan fingerprint density at radius 2 is 1.70 bits per heavy atom. The van der Waals surface area contributed by atoms with E-state index in [0.29, 0.717) is 5.11 Å². The Morgan fingerprint density at radius 1 is 0.970 bits per heavy atom. The van der Waals surface area contributed by atoms with Crippen molar-refractivity contribution < 1.29 is 0 Å². The zero-order valence-electron chi connectivity index (χ0n) is 18.6. The van der Waals surface area contributed by atoms with Crippen LogP contribution in [-0.2, 0) is 6.54 Å². The number of rotatable bonds is 5. The van der Waals surface area contributed by atoms with E-state index in [9.17, 15) is 0 Å². The first-order valence-corrected chi connectivity index (χ1v) is 12.2. The zero-order chi connectivity index (χ0) is 22.9. The van der Waals surface area contributed by atoms with Gasteiger partial charge in [0.25, 0.3) is 0 Å². The SMILES string of the molecule is Cc1cc([C@H]2[C@H](c3ccccn3)NC(=S)N2c2ccc(Br)cc2)c(C)n1Cc1ccccc1. The maximum absolute atomic E-state index is 5.87. The summed E-state index contributed by atoms with van der Waals surface area (Å²) in [6.07, 6.45) is 1.85. The van der Waals surface area contributed by atoms with Gasteiger partial charge in [-0.3, -0.25) is 4.98 Å². The Morgan fingerprint density at radius 3 is 2.39 bits per heavy atom. The van der Waals surface area contributed by atoms with Crippen LogP contribution < -0.4 is 10.2 Å². The van der Waals surface area contributed by atoms with Crippen LogP contribution in [0, 0.1) is 13.8 Å². The molecule has 0 radical (unpaired) electrons. The molecule has 0 aliphatic carbocycles. The number of pyridine rings is 1. The van der Waals surface area contributed by atoms with Crippen LogP contribution in [0.25, 0.3) is 0 Å².